The summed E-state index contributed by atoms with van der Waals surface area (Å²) in [4.78, 5) is 105. The molecule has 3 aromatic rings. The van der Waals surface area contributed by atoms with Crippen LogP contribution in [0, 0.1) is 5.92 Å². The van der Waals surface area contributed by atoms with Crippen LogP contribution in [0.2, 0.25) is 0 Å². The fourth-order valence-electron chi connectivity index (χ4n) is 7.82. The largest absolute Gasteiger partial charge is 0.481 e. The maximum Gasteiger partial charge on any atom is 0.411 e. The van der Waals surface area contributed by atoms with Crippen LogP contribution in [0.25, 0.3) is 6.08 Å². The van der Waals surface area contributed by atoms with Crippen LogP contribution >= 0.6 is 0 Å². The molecule has 73 heavy (non-hydrogen) atoms. The average Bonchev–Trinajstić information content (AvgIpc) is 3.36. The van der Waals surface area contributed by atoms with E-state index in [1.165, 1.54) is 30.3 Å². The smallest absolute Gasteiger partial charge is 0.411 e. The highest BCUT2D eigenvalue weighted by molar-refractivity contribution is 5.97. The van der Waals surface area contributed by atoms with Crippen LogP contribution in [-0.2, 0) is 44.8 Å². The molecule has 2 aliphatic heterocycles. The van der Waals surface area contributed by atoms with Crippen molar-refractivity contribution in [1.82, 2.24) is 31.2 Å². The number of carbonyl (C=O) groups excluding carboxylic acids is 6. The SMILES string of the molecule is COC(C(=O)O)C(O)[C@H](O)[C@H](O)Oc1ccc(COC(=O)Nc2cccc(C(=O)N3CCC(CCCCNC(=O)/C=C/c4cccnc4)CC3)c2)cc1NC(=O)CCNC(=O)C1(NC(=O)CCC(=O)O)CNC1. The monoisotopic (exact) mass is 1020 g/mol. The number of rotatable bonds is 27. The number of anilines is 2. The predicted octanol–water partition coefficient (Wildman–Crippen LogP) is 0.969. The van der Waals surface area contributed by atoms with E-state index in [9.17, 15) is 58.8 Å². The molecule has 3 heterocycles. The summed E-state index contributed by atoms with van der Waals surface area (Å²) in [7, 11) is 0.964. The van der Waals surface area contributed by atoms with Crippen molar-refractivity contribution in [3.05, 3.63) is 89.8 Å². The van der Waals surface area contributed by atoms with Gasteiger partial charge in [0.2, 0.25) is 29.9 Å². The van der Waals surface area contributed by atoms with Crippen molar-refractivity contribution >= 4 is 65.0 Å². The lowest BCUT2D eigenvalue weighted by molar-refractivity contribution is -0.184. The number of methoxy groups -OCH3 is 1. The van der Waals surface area contributed by atoms with Crippen molar-refractivity contribution < 1.29 is 78.1 Å². The summed E-state index contributed by atoms with van der Waals surface area (Å²) in [5, 5.41) is 65.7. The van der Waals surface area contributed by atoms with E-state index in [1.54, 1.807) is 47.6 Å². The number of carbonyl (C=O) groups is 8. The minimum absolute atomic E-state index is 0.0606. The van der Waals surface area contributed by atoms with Gasteiger partial charge in [0.25, 0.3) is 5.91 Å². The van der Waals surface area contributed by atoms with E-state index in [0.29, 0.717) is 31.1 Å². The zero-order valence-electron chi connectivity index (χ0n) is 40.1. The molecule has 2 unspecified atom stereocenters. The van der Waals surface area contributed by atoms with Gasteiger partial charge >= 0.3 is 18.0 Å². The highest BCUT2D eigenvalue weighted by Gasteiger charge is 2.45. The highest BCUT2D eigenvalue weighted by Crippen LogP contribution is 2.29. The molecule has 24 nitrogen and oxygen atoms in total. The number of nitrogens with one attached hydrogen (secondary N) is 6. The fraction of sp³-hybridized carbons (Fsp3) is 0.449. The number of amides is 6. The van der Waals surface area contributed by atoms with Crippen LogP contribution < -0.4 is 36.6 Å². The Kier molecular flexibility index (Phi) is 21.6. The van der Waals surface area contributed by atoms with Gasteiger partial charge in [0.1, 0.15) is 30.1 Å². The lowest BCUT2D eigenvalue weighted by atomic mass is 9.90. The molecule has 394 valence electrons. The topological polar surface area (TPSA) is 354 Å². The van der Waals surface area contributed by atoms with Crippen LogP contribution in [-0.4, -0.2) is 160 Å². The molecule has 0 saturated carbocycles. The second-order valence-corrected chi connectivity index (χ2v) is 17.4. The molecule has 4 atom stereocenters. The summed E-state index contributed by atoms with van der Waals surface area (Å²) in [5.74, 6) is -5.01. The molecule has 24 heteroatoms. The van der Waals surface area contributed by atoms with Gasteiger partial charge in [-0.05, 0) is 78.8 Å². The van der Waals surface area contributed by atoms with Gasteiger partial charge in [-0.1, -0.05) is 31.0 Å². The number of pyridine rings is 1. The van der Waals surface area contributed by atoms with Gasteiger partial charge in [-0.25, -0.2) is 9.59 Å². The number of benzene rings is 2. The number of nitrogens with zero attached hydrogens (tertiary/aromatic N) is 2. The van der Waals surface area contributed by atoms with E-state index in [2.05, 4.69) is 41.6 Å². The number of carboxylic acids is 2. The minimum atomic E-state index is -2.27. The number of aliphatic hydroxyl groups is 3. The Morgan fingerprint density at radius 1 is 0.863 bits per heavy atom. The van der Waals surface area contributed by atoms with Gasteiger partial charge in [-0.3, -0.25) is 39.1 Å². The molecular formula is C49H62N8O16. The third-order valence-corrected chi connectivity index (χ3v) is 12.0. The summed E-state index contributed by atoms with van der Waals surface area (Å²) in [6.45, 7) is 1.21. The number of hydrogen-bond donors (Lipinski definition) is 11. The van der Waals surface area contributed by atoms with Gasteiger partial charge < -0.3 is 71.2 Å². The number of hydrogen-bond acceptors (Lipinski definition) is 16. The Balaban J connectivity index is 1.12. The van der Waals surface area contributed by atoms with E-state index >= 15 is 0 Å². The molecule has 0 bridgehead atoms. The lowest BCUT2D eigenvalue weighted by Crippen LogP contribution is -2.75. The number of piperidine rings is 1. The number of aromatic nitrogens is 1. The number of aliphatic hydroxyl groups excluding tert-OH is 3. The quantitative estimate of drug-likeness (QED) is 0.0288. The van der Waals surface area contributed by atoms with Crippen molar-refractivity contribution in [3.8, 4) is 5.75 Å². The summed E-state index contributed by atoms with van der Waals surface area (Å²) in [6, 6.07) is 13.9. The maximum absolute atomic E-state index is 13.5. The van der Waals surface area contributed by atoms with E-state index in [-0.39, 0.29) is 73.6 Å². The molecule has 2 aliphatic rings. The molecule has 2 fully saturated rings. The van der Waals surface area contributed by atoms with Gasteiger partial charge in [-0.2, -0.15) is 0 Å². The first-order valence-electron chi connectivity index (χ1n) is 23.6. The molecule has 0 radical (unpaired) electrons. The van der Waals surface area contributed by atoms with Crippen molar-refractivity contribution in [2.45, 2.75) is 88.1 Å². The average molecular weight is 1020 g/mol. The maximum atomic E-state index is 13.5. The van der Waals surface area contributed by atoms with Gasteiger partial charge in [0.05, 0.1) is 12.1 Å². The Bertz CT molecular complexity index is 2430. The van der Waals surface area contributed by atoms with E-state index in [0.717, 1.165) is 44.8 Å². The Labute approximate surface area is 419 Å². The van der Waals surface area contributed by atoms with Gasteiger partial charge in [0.15, 0.2) is 6.10 Å². The summed E-state index contributed by atoms with van der Waals surface area (Å²) in [6.07, 6.45) is 0.325. The van der Waals surface area contributed by atoms with Crippen molar-refractivity contribution in [1.29, 1.82) is 0 Å². The van der Waals surface area contributed by atoms with Crippen LogP contribution in [0.15, 0.2) is 73.1 Å². The predicted molar refractivity (Wildman–Crippen MR) is 259 cm³/mol. The van der Waals surface area contributed by atoms with Crippen molar-refractivity contribution in [2.75, 3.05) is 57.0 Å². The van der Waals surface area contributed by atoms with Crippen LogP contribution in [0.5, 0.6) is 5.75 Å². The third-order valence-electron chi connectivity index (χ3n) is 12.0. The number of carboxylic acid groups (broad SMARTS) is 2. The normalized spacial score (nSPS) is 15.9. The Hall–Kier alpha value is -7.51. The first-order chi connectivity index (χ1) is 35.0. The fourth-order valence-corrected chi connectivity index (χ4v) is 7.82. The summed E-state index contributed by atoms with van der Waals surface area (Å²) >= 11 is 0. The minimum Gasteiger partial charge on any atom is -0.481 e. The van der Waals surface area contributed by atoms with E-state index in [4.69, 9.17) is 14.6 Å². The van der Waals surface area contributed by atoms with Crippen LogP contribution in [0.3, 0.4) is 0 Å². The molecule has 1 aromatic heterocycles. The first-order valence-corrected chi connectivity index (χ1v) is 23.6. The van der Waals surface area contributed by atoms with Crippen LogP contribution in [0.1, 0.15) is 72.9 Å². The molecule has 2 saturated heterocycles. The number of unbranched alkanes of at least 4 members (excludes halogenated alkanes) is 1. The van der Waals surface area contributed by atoms with Crippen molar-refractivity contribution in [3.63, 3.8) is 0 Å². The first kappa shape index (κ1) is 56.4. The highest BCUT2D eigenvalue weighted by atomic mass is 16.6. The molecular weight excluding hydrogens is 957 g/mol. The number of likely N-dealkylation sites (tertiary alicyclic amines) is 1. The molecule has 6 amide bonds. The summed E-state index contributed by atoms with van der Waals surface area (Å²) in [5.41, 5.74) is 0.249. The van der Waals surface area contributed by atoms with E-state index in [1.807, 2.05) is 6.07 Å². The Morgan fingerprint density at radius 3 is 2.30 bits per heavy atom. The zero-order chi connectivity index (χ0) is 52.9. The third kappa shape index (κ3) is 17.6. The lowest BCUT2D eigenvalue weighted by Gasteiger charge is -2.41. The molecule has 11 N–H and O–H groups in total. The van der Waals surface area contributed by atoms with Gasteiger partial charge in [-0.15, -0.1) is 0 Å². The number of aliphatic carboxylic acids is 2. The van der Waals surface area contributed by atoms with Gasteiger partial charge in [0, 0.05) is 88.9 Å². The standard InChI is InChI=1S/C49H62N8O16/c1-71-43(45(66)67)41(63)42(64)46(68)73-36-12-10-32(24-35(36)55-38(59)16-21-53-47(69)49(28-51-29-49)56-39(60)14-15-40(61)62)27-72-48(70)54-34-9-4-8-33(25-34)44(65)57-22-17-30(18-23-57)6-2-3-20-52-37(58)13-11-31-7-5-19-50-26-31/h4-5,7-13,19,24-26,30,41-43,46,51,63-64,68H,2-3,6,14-18,20-23,27-29H2,1H3,(H,52,58)(H,53,69)(H,54,70)(H,55,59)(H,56,60)(H,61,62)(H,66,67)/b13-11+/t41?,42-,43?,46+/m0/s1. The molecule has 0 aliphatic carbocycles. The zero-order valence-corrected chi connectivity index (χ0v) is 40.1. The summed E-state index contributed by atoms with van der Waals surface area (Å²) < 4.78 is 15.5. The molecule has 2 aromatic carbocycles. The second kappa shape index (κ2) is 27.9. The number of ether oxygens (including phenoxy) is 3. The Morgan fingerprint density at radius 2 is 1.63 bits per heavy atom. The van der Waals surface area contributed by atoms with E-state index < -0.39 is 72.3 Å². The van der Waals surface area contributed by atoms with Crippen molar-refractivity contribution in [2.24, 2.45) is 5.92 Å². The second-order valence-electron chi connectivity index (χ2n) is 17.4. The van der Waals surface area contributed by atoms with Crippen LogP contribution in [0.4, 0.5) is 16.2 Å². The molecule has 5 rings (SSSR count). The molecule has 0 spiro atoms.